The Kier molecular flexibility index (Phi) is 20.7. The predicted molar refractivity (Wildman–Crippen MR) is 620 cm³/mol. The molecule has 145 heavy (non-hydrogen) atoms. The Labute approximate surface area is 849 Å². The van der Waals surface area contributed by atoms with Gasteiger partial charge in [0.15, 0.2) is 0 Å². The van der Waals surface area contributed by atoms with Crippen LogP contribution in [0.5, 0.6) is 0 Å². The van der Waals surface area contributed by atoms with E-state index in [1.807, 2.05) is 0 Å². The van der Waals surface area contributed by atoms with Crippen molar-refractivity contribution in [3.63, 3.8) is 0 Å². The number of anilines is 12. The minimum atomic E-state index is -0.330. The molecule has 22 aromatic carbocycles. The molecule has 27 rings (SSSR count). The van der Waals surface area contributed by atoms with Crippen LogP contribution in [0.2, 0.25) is 0 Å². The number of nitrogens with zero attached hydrogens (tertiary/aromatic N) is 6. The highest BCUT2D eigenvalue weighted by Gasteiger charge is 2.43. The highest BCUT2D eigenvalue weighted by Crippen LogP contribution is 2.62. The first-order valence-corrected chi connectivity index (χ1v) is 52.0. The van der Waals surface area contributed by atoms with Crippen LogP contribution in [0.3, 0.4) is 0 Å². The lowest BCUT2D eigenvalue weighted by Crippen LogP contribution is -2.30. The average Bonchev–Trinajstić information content (AvgIpc) is 1.67. The lowest BCUT2D eigenvalue weighted by atomic mass is 9.72. The molecular weight excluding hydrogens is 1750 g/mol. The standard InChI is InChI=1S/C78H65N3.C61H51N3/c1-48(2)50-26-30-52(31-27-50)54-34-40-73-68(42-54)77(5,6)67-23-15-17-25-72(67)80(73)57-36-38-61-62-39-37-58(45-65(62)60-21-13-12-20-59(60)64(61)44-57)81-74-41-35-55(53-32-28-51(29-33-53)49(3)4)43-69(74)78(7,8)70-46-66-63-22-14-16-24-71(63)79(75(66)47-76(70)81)56-18-10-9-11-19-56;1-38(2)46-34-41-31-33-54(60-47(39(3)4)35-40-30-32-53(59(46)57(40)58(41)60)62(42-20-10-7-11-21-42)43-22-12-8-13-23-43)64-52-29-19-17-27-49(52)61(5,6)50-36-48-45-26-16-18-28-51(45)63(55(48)37-56(50)64)44-24-14-9-15-25-44/h9-49H,1-8H3;7-39H,1-6H3. The molecule has 0 fully saturated rings. The molecule has 3 aliphatic heterocycles. The summed E-state index contributed by atoms with van der Waals surface area (Å²) in [7, 11) is 0. The molecule has 5 heterocycles. The zero-order valence-corrected chi connectivity index (χ0v) is 84.9. The van der Waals surface area contributed by atoms with Gasteiger partial charge in [0, 0.05) is 82.7 Å². The Morgan fingerprint density at radius 1 is 0.200 bits per heavy atom. The molecule has 0 bridgehead atoms. The summed E-state index contributed by atoms with van der Waals surface area (Å²) in [6, 6.07) is 160. The molecule has 6 heteroatoms. The summed E-state index contributed by atoms with van der Waals surface area (Å²) in [5.41, 5.74) is 39.0. The van der Waals surface area contributed by atoms with Crippen molar-refractivity contribution >= 4 is 176 Å². The second-order valence-electron chi connectivity index (χ2n) is 43.5. The molecule has 0 aliphatic carbocycles. The summed E-state index contributed by atoms with van der Waals surface area (Å²) < 4.78 is 4.91. The van der Waals surface area contributed by atoms with Gasteiger partial charge >= 0.3 is 0 Å². The fourth-order valence-electron chi connectivity index (χ4n) is 25.2. The Morgan fingerprint density at radius 2 is 0.545 bits per heavy atom. The lowest BCUT2D eigenvalue weighted by Gasteiger charge is -2.43. The van der Waals surface area contributed by atoms with Gasteiger partial charge in [-0.3, -0.25) is 0 Å². The van der Waals surface area contributed by atoms with E-state index >= 15 is 0 Å². The minimum Gasteiger partial charge on any atom is -0.310 e. The van der Waals surface area contributed by atoms with Gasteiger partial charge in [-0.15, -0.1) is 0 Å². The molecule has 0 unspecified atom stereocenters. The molecule has 3 aliphatic rings. The largest absolute Gasteiger partial charge is 0.310 e. The van der Waals surface area contributed by atoms with Crippen LogP contribution in [0, 0.1) is 0 Å². The monoisotopic (exact) mass is 1870 g/mol. The smallest absolute Gasteiger partial charge is 0.0562 e. The van der Waals surface area contributed by atoms with E-state index in [1.54, 1.807) is 0 Å². The van der Waals surface area contributed by atoms with Crippen molar-refractivity contribution in [2.75, 3.05) is 19.6 Å². The Bertz CT molecular complexity index is 9280. The van der Waals surface area contributed by atoms with E-state index in [1.165, 1.54) is 232 Å². The average molecular weight is 1870 g/mol. The van der Waals surface area contributed by atoms with Gasteiger partial charge in [-0.25, -0.2) is 0 Å². The van der Waals surface area contributed by atoms with E-state index < -0.39 is 0 Å². The molecule has 0 saturated carbocycles. The third kappa shape index (κ3) is 13.9. The number of rotatable bonds is 14. The van der Waals surface area contributed by atoms with Crippen molar-refractivity contribution < 1.29 is 0 Å². The molecular formula is C139H116N6. The molecule has 702 valence electrons. The first-order valence-electron chi connectivity index (χ1n) is 52.0. The second kappa shape index (κ2) is 33.8. The number of para-hydroxylation sites is 8. The molecule has 0 amide bonds. The summed E-state index contributed by atoms with van der Waals surface area (Å²) in [5.74, 6) is 1.54. The third-order valence-electron chi connectivity index (χ3n) is 32.7. The van der Waals surface area contributed by atoms with Crippen LogP contribution in [0.4, 0.5) is 68.2 Å². The van der Waals surface area contributed by atoms with Gasteiger partial charge in [-0.05, 0) is 313 Å². The van der Waals surface area contributed by atoms with Crippen molar-refractivity contribution in [2.45, 2.75) is 137 Å². The fraction of sp³-hybridized carbons (Fsp3) is 0.151. The molecule has 24 aromatic rings. The topological polar surface area (TPSA) is 22.8 Å². The van der Waals surface area contributed by atoms with Crippen LogP contribution in [0.1, 0.15) is 176 Å². The molecule has 0 N–H and O–H groups in total. The van der Waals surface area contributed by atoms with Crippen LogP contribution < -0.4 is 19.6 Å². The highest BCUT2D eigenvalue weighted by atomic mass is 15.2. The first-order chi connectivity index (χ1) is 70.5. The van der Waals surface area contributed by atoms with Gasteiger partial charge in [0.2, 0.25) is 0 Å². The Balaban J connectivity index is 0.000000152. The van der Waals surface area contributed by atoms with E-state index in [2.05, 4.69) is 550 Å². The van der Waals surface area contributed by atoms with Gasteiger partial charge in [-0.1, -0.05) is 364 Å². The van der Waals surface area contributed by atoms with E-state index in [4.69, 9.17) is 0 Å². The van der Waals surface area contributed by atoms with Crippen LogP contribution in [0.25, 0.3) is 142 Å². The van der Waals surface area contributed by atoms with Gasteiger partial charge in [-0.2, -0.15) is 0 Å². The summed E-state index contributed by atoms with van der Waals surface area (Å²) in [6.07, 6.45) is 0. The fourth-order valence-corrected chi connectivity index (χ4v) is 25.2. The second-order valence-corrected chi connectivity index (χ2v) is 43.5. The molecule has 0 spiro atoms. The number of aromatic nitrogens is 2. The predicted octanol–water partition coefficient (Wildman–Crippen LogP) is 39.5. The number of hydrogen-bond acceptors (Lipinski definition) is 4. The van der Waals surface area contributed by atoms with Gasteiger partial charge in [0.1, 0.15) is 0 Å². The molecule has 0 radical (unpaired) electrons. The Hall–Kier alpha value is -16.5. The highest BCUT2D eigenvalue weighted by molar-refractivity contribution is 6.31. The SMILES string of the molecule is CC(C)c1cc2ccc(N3c4ccccc4C(C)(C)c4cc5c6ccccc6n(-c6ccccc6)c5cc43)c3c(C(C)C)cc4ccc(N(c5ccccc5)c5ccccc5)c1c4c23.CC(C)c1ccc(-c2ccc3c(c2)C(C)(C)c2ccccc2N3c2ccc3c4ccc(N5c6ccc(-c7ccc(C(C)C)cc7)cc6C(C)(C)c6cc7c8ccccc8n(-c8ccccc8)c7cc65)cc4c4ccccc4c3c2)cc1. The maximum absolute atomic E-state index is 2.62. The molecule has 0 saturated heterocycles. The van der Waals surface area contributed by atoms with Gasteiger partial charge in [0.25, 0.3) is 0 Å². The van der Waals surface area contributed by atoms with Crippen LogP contribution in [0.15, 0.2) is 425 Å². The number of hydrogen-bond donors (Lipinski definition) is 0. The third-order valence-corrected chi connectivity index (χ3v) is 32.7. The zero-order chi connectivity index (χ0) is 98.5. The van der Waals surface area contributed by atoms with Crippen LogP contribution in [-0.4, -0.2) is 9.13 Å². The summed E-state index contributed by atoms with van der Waals surface area (Å²) >= 11 is 0. The molecule has 2 aromatic heterocycles. The summed E-state index contributed by atoms with van der Waals surface area (Å²) in [6.45, 7) is 32.9. The summed E-state index contributed by atoms with van der Waals surface area (Å²) in [5, 5.41) is 20.4. The van der Waals surface area contributed by atoms with E-state index in [-0.39, 0.29) is 22.2 Å². The van der Waals surface area contributed by atoms with Crippen LogP contribution in [-0.2, 0) is 16.2 Å². The van der Waals surface area contributed by atoms with Crippen molar-refractivity contribution in [1.29, 1.82) is 0 Å². The van der Waals surface area contributed by atoms with Crippen molar-refractivity contribution in [1.82, 2.24) is 9.13 Å². The normalized spacial score (nSPS) is 14.0. The van der Waals surface area contributed by atoms with Gasteiger partial charge < -0.3 is 28.7 Å². The minimum absolute atomic E-state index is 0.215. The maximum Gasteiger partial charge on any atom is 0.0562 e. The quantitative estimate of drug-likeness (QED) is 0.101. The van der Waals surface area contributed by atoms with Gasteiger partial charge in [0.05, 0.1) is 67.6 Å². The summed E-state index contributed by atoms with van der Waals surface area (Å²) in [4.78, 5) is 10.1. The lowest BCUT2D eigenvalue weighted by molar-refractivity contribution is 0.632. The van der Waals surface area contributed by atoms with Crippen molar-refractivity contribution in [3.8, 4) is 33.6 Å². The van der Waals surface area contributed by atoms with E-state index in [9.17, 15) is 0 Å². The van der Waals surface area contributed by atoms with Crippen molar-refractivity contribution in [3.05, 3.63) is 480 Å². The van der Waals surface area contributed by atoms with E-state index in [0.717, 1.165) is 34.1 Å². The van der Waals surface area contributed by atoms with Crippen LogP contribution >= 0.6 is 0 Å². The zero-order valence-electron chi connectivity index (χ0n) is 84.9. The first kappa shape index (κ1) is 88.6. The maximum atomic E-state index is 2.62. The number of fused-ring (bicyclic) bond motifs is 18. The number of benzene rings is 22. The molecule has 0 atom stereocenters. The molecule has 6 nitrogen and oxygen atoms in total. The Morgan fingerprint density at radius 3 is 1.00 bits per heavy atom. The van der Waals surface area contributed by atoms with Crippen molar-refractivity contribution in [2.24, 2.45) is 0 Å². The van der Waals surface area contributed by atoms with E-state index in [0.29, 0.717) is 17.8 Å².